The van der Waals surface area contributed by atoms with Gasteiger partial charge in [0.1, 0.15) is 0 Å². The first kappa shape index (κ1) is 14.3. The van der Waals surface area contributed by atoms with E-state index in [-0.39, 0.29) is 23.4 Å². The van der Waals surface area contributed by atoms with Crippen LogP contribution in [0, 0.1) is 16.0 Å². The SMILES string of the molecule is N[C@H](c1cc(Br)cc([N+](=O)[O-])c1O)C1CCCCC1. The Kier molecular flexibility index (Phi) is 4.42. The normalized spacial score (nSPS) is 18.2. The van der Waals surface area contributed by atoms with Crippen LogP contribution in [0.1, 0.15) is 43.7 Å². The van der Waals surface area contributed by atoms with Crippen molar-refractivity contribution in [3.8, 4) is 5.75 Å². The Morgan fingerprint density at radius 2 is 2.00 bits per heavy atom. The highest BCUT2D eigenvalue weighted by Gasteiger charge is 2.28. The molecule has 0 unspecified atom stereocenters. The van der Waals surface area contributed by atoms with Gasteiger partial charge in [0.25, 0.3) is 0 Å². The Bertz CT molecular complexity index is 487. The number of aromatic hydroxyl groups is 1. The van der Waals surface area contributed by atoms with Crippen molar-refractivity contribution >= 4 is 21.6 Å². The quantitative estimate of drug-likeness (QED) is 0.654. The van der Waals surface area contributed by atoms with Crippen LogP contribution in [0.15, 0.2) is 16.6 Å². The molecule has 1 aromatic rings. The van der Waals surface area contributed by atoms with Crippen molar-refractivity contribution in [2.75, 3.05) is 0 Å². The molecule has 104 valence electrons. The highest BCUT2D eigenvalue weighted by molar-refractivity contribution is 9.10. The molecule has 1 atom stereocenters. The summed E-state index contributed by atoms with van der Waals surface area (Å²) in [5.41, 5.74) is 6.38. The van der Waals surface area contributed by atoms with Crippen LogP contribution in [0.25, 0.3) is 0 Å². The second kappa shape index (κ2) is 5.88. The van der Waals surface area contributed by atoms with Crippen molar-refractivity contribution in [3.05, 3.63) is 32.3 Å². The van der Waals surface area contributed by atoms with Crippen molar-refractivity contribution in [2.24, 2.45) is 11.7 Å². The topological polar surface area (TPSA) is 89.4 Å². The van der Waals surface area contributed by atoms with Crippen LogP contribution in [0.3, 0.4) is 0 Å². The van der Waals surface area contributed by atoms with Gasteiger partial charge in [0.2, 0.25) is 0 Å². The standard InChI is InChI=1S/C13H17BrN2O3/c14-9-6-10(13(17)11(7-9)16(18)19)12(15)8-4-2-1-3-5-8/h6-8,12,17H,1-5,15H2/t12-/m0/s1. The number of halogens is 1. The van der Waals surface area contributed by atoms with Gasteiger partial charge in [-0.15, -0.1) is 0 Å². The molecule has 0 aliphatic heterocycles. The van der Waals surface area contributed by atoms with E-state index in [0.717, 1.165) is 25.7 Å². The summed E-state index contributed by atoms with van der Waals surface area (Å²) in [4.78, 5) is 10.3. The zero-order chi connectivity index (χ0) is 14.0. The first-order valence-corrected chi connectivity index (χ1v) is 7.22. The summed E-state index contributed by atoms with van der Waals surface area (Å²) < 4.78 is 0.568. The van der Waals surface area contributed by atoms with E-state index in [1.165, 1.54) is 12.5 Å². The Morgan fingerprint density at radius 1 is 1.37 bits per heavy atom. The van der Waals surface area contributed by atoms with Crippen molar-refractivity contribution in [1.82, 2.24) is 0 Å². The smallest absolute Gasteiger partial charge is 0.312 e. The van der Waals surface area contributed by atoms with Gasteiger partial charge >= 0.3 is 5.69 Å². The molecular weight excluding hydrogens is 312 g/mol. The first-order valence-electron chi connectivity index (χ1n) is 6.43. The molecule has 1 aliphatic carbocycles. The van der Waals surface area contributed by atoms with Crippen molar-refractivity contribution in [3.63, 3.8) is 0 Å². The fourth-order valence-corrected chi connectivity index (χ4v) is 3.21. The van der Waals surface area contributed by atoms with Crippen molar-refractivity contribution in [2.45, 2.75) is 38.1 Å². The number of nitro groups is 1. The minimum Gasteiger partial charge on any atom is -0.502 e. The van der Waals surface area contributed by atoms with Crippen LogP contribution in [0.4, 0.5) is 5.69 Å². The average molecular weight is 329 g/mol. The molecule has 6 heteroatoms. The molecule has 1 saturated carbocycles. The Hall–Kier alpha value is -1.14. The third-order valence-electron chi connectivity index (χ3n) is 3.80. The Labute approximate surface area is 120 Å². The highest BCUT2D eigenvalue weighted by atomic mass is 79.9. The molecule has 5 nitrogen and oxygen atoms in total. The fourth-order valence-electron chi connectivity index (χ4n) is 2.75. The van der Waals surface area contributed by atoms with Crippen molar-refractivity contribution in [1.29, 1.82) is 0 Å². The molecular formula is C13H17BrN2O3. The minimum absolute atomic E-state index is 0.286. The summed E-state index contributed by atoms with van der Waals surface area (Å²) in [6, 6.07) is 2.63. The molecule has 0 bridgehead atoms. The van der Waals surface area contributed by atoms with Gasteiger partial charge in [-0.1, -0.05) is 35.2 Å². The number of nitrogens with two attached hydrogens (primary N) is 1. The van der Waals surface area contributed by atoms with Crippen LogP contribution in [-0.4, -0.2) is 10.0 Å². The first-order chi connectivity index (χ1) is 9.00. The molecule has 0 spiro atoms. The van der Waals surface area contributed by atoms with Crippen LogP contribution in [-0.2, 0) is 0 Å². The highest BCUT2D eigenvalue weighted by Crippen LogP contribution is 2.41. The molecule has 0 aromatic heterocycles. The summed E-state index contributed by atoms with van der Waals surface area (Å²) in [5, 5.41) is 21.0. The molecule has 1 fully saturated rings. The van der Waals surface area contributed by atoms with E-state index < -0.39 is 4.92 Å². The molecule has 0 heterocycles. The average Bonchev–Trinajstić information content (AvgIpc) is 2.41. The lowest BCUT2D eigenvalue weighted by molar-refractivity contribution is -0.386. The van der Waals surface area contributed by atoms with Crippen LogP contribution >= 0.6 is 15.9 Å². The lowest BCUT2D eigenvalue weighted by Gasteiger charge is -2.28. The number of benzene rings is 1. The van der Waals surface area contributed by atoms with E-state index in [0.29, 0.717) is 10.0 Å². The summed E-state index contributed by atoms with van der Waals surface area (Å²) in [7, 11) is 0. The molecule has 3 N–H and O–H groups in total. The van der Waals surface area contributed by atoms with Gasteiger partial charge in [0, 0.05) is 22.1 Å². The number of nitrogens with zero attached hydrogens (tertiary/aromatic N) is 1. The summed E-state index contributed by atoms with van der Waals surface area (Å²) in [6.07, 6.45) is 5.51. The number of phenols is 1. The minimum atomic E-state index is -0.586. The maximum atomic E-state index is 10.9. The Balaban J connectivity index is 2.35. The summed E-state index contributed by atoms with van der Waals surface area (Å²) in [6.45, 7) is 0. The lowest BCUT2D eigenvalue weighted by Crippen LogP contribution is -2.23. The van der Waals surface area contributed by atoms with E-state index in [2.05, 4.69) is 15.9 Å². The number of hydrogen-bond acceptors (Lipinski definition) is 4. The third kappa shape index (κ3) is 3.06. The van der Waals surface area contributed by atoms with Crippen molar-refractivity contribution < 1.29 is 10.0 Å². The molecule has 0 amide bonds. The monoisotopic (exact) mass is 328 g/mol. The van der Waals surface area contributed by atoms with E-state index in [1.807, 2.05) is 0 Å². The molecule has 1 aromatic carbocycles. The predicted octanol–water partition coefficient (Wildman–Crippen LogP) is 3.64. The lowest BCUT2D eigenvalue weighted by atomic mass is 9.81. The van der Waals surface area contributed by atoms with E-state index in [1.54, 1.807) is 6.07 Å². The van der Waals surface area contributed by atoms with E-state index in [9.17, 15) is 15.2 Å². The van der Waals surface area contributed by atoms with Gasteiger partial charge in [0.15, 0.2) is 5.75 Å². The maximum absolute atomic E-state index is 10.9. The van der Waals surface area contributed by atoms with Crippen LogP contribution in [0.2, 0.25) is 0 Å². The molecule has 0 saturated heterocycles. The summed E-state index contributed by atoms with van der Waals surface area (Å²) >= 11 is 3.24. The van der Waals surface area contributed by atoms with Gasteiger partial charge in [0.05, 0.1) is 4.92 Å². The zero-order valence-corrected chi connectivity index (χ0v) is 12.1. The molecule has 19 heavy (non-hydrogen) atoms. The van der Waals surface area contributed by atoms with Gasteiger partial charge in [-0.2, -0.15) is 0 Å². The molecule has 1 aliphatic rings. The number of hydrogen-bond donors (Lipinski definition) is 2. The second-order valence-corrected chi connectivity index (χ2v) is 5.96. The fraction of sp³-hybridized carbons (Fsp3) is 0.538. The maximum Gasteiger partial charge on any atom is 0.312 e. The second-order valence-electron chi connectivity index (χ2n) is 5.04. The van der Waals surface area contributed by atoms with Crippen LogP contribution in [0.5, 0.6) is 5.75 Å². The van der Waals surface area contributed by atoms with Gasteiger partial charge in [-0.3, -0.25) is 10.1 Å². The van der Waals surface area contributed by atoms with Gasteiger partial charge in [-0.05, 0) is 24.8 Å². The van der Waals surface area contributed by atoms with E-state index >= 15 is 0 Å². The largest absolute Gasteiger partial charge is 0.502 e. The van der Waals surface area contributed by atoms with E-state index in [4.69, 9.17) is 5.73 Å². The number of rotatable bonds is 3. The molecule has 0 radical (unpaired) electrons. The predicted molar refractivity (Wildman–Crippen MR) is 76.0 cm³/mol. The van der Waals surface area contributed by atoms with Gasteiger partial charge < -0.3 is 10.8 Å². The molecule has 2 rings (SSSR count). The Morgan fingerprint density at radius 3 is 2.58 bits per heavy atom. The third-order valence-corrected chi connectivity index (χ3v) is 4.26. The number of phenolic OH excluding ortho intramolecular Hbond substituents is 1. The van der Waals surface area contributed by atoms with Gasteiger partial charge in [-0.25, -0.2) is 0 Å². The van der Waals surface area contributed by atoms with Crippen LogP contribution < -0.4 is 5.73 Å². The number of nitro benzene ring substituents is 1. The summed E-state index contributed by atoms with van der Waals surface area (Å²) in [5.74, 6) is -0.0140. The zero-order valence-electron chi connectivity index (χ0n) is 10.5.